The van der Waals surface area contributed by atoms with Crippen LogP contribution < -0.4 is 10.2 Å². The van der Waals surface area contributed by atoms with Gasteiger partial charge in [0.1, 0.15) is 22.8 Å². The number of anilines is 2. The van der Waals surface area contributed by atoms with Gasteiger partial charge < -0.3 is 15.0 Å². The summed E-state index contributed by atoms with van der Waals surface area (Å²) in [5, 5.41) is 6.25. The molecule has 1 N–H and O–H groups in total. The largest absolute Gasteiger partial charge is 0.378 e. The lowest BCUT2D eigenvalue weighted by Gasteiger charge is -2.29. The molecule has 0 saturated carbocycles. The van der Waals surface area contributed by atoms with E-state index in [0.717, 1.165) is 34.7 Å². The molecule has 0 unspecified atom stereocenters. The molecule has 124 valence electrons. The van der Waals surface area contributed by atoms with Crippen LogP contribution in [-0.2, 0) is 11.3 Å². The van der Waals surface area contributed by atoms with Crippen LogP contribution in [0.5, 0.6) is 0 Å². The van der Waals surface area contributed by atoms with Crippen molar-refractivity contribution in [1.29, 1.82) is 0 Å². The molecule has 7 heteroatoms. The average molecular weight is 344 g/mol. The first-order valence-electron chi connectivity index (χ1n) is 7.84. The number of morpholine rings is 1. The Bertz CT molecular complexity index is 847. The summed E-state index contributed by atoms with van der Waals surface area (Å²) >= 11 is 1.58. The van der Waals surface area contributed by atoms with E-state index in [0.29, 0.717) is 25.4 Å². The predicted molar refractivity (Wildman–Crippen MR) is 94.2 cm³/mol. The number of ether oxygens (including phenoxy) is 1. The van der Waals surface area contributed by atoms with Gasteiger partial charge in [-0.15, -0.1) is 11.3 Å². The molecule has 1 fully saturated rings. The maximum atomic E-state index is 14.4. The molecule has 4 rings (SSSR count). The fourth-order valence-corrected chi connectivity index (χ4v) is 3.57. The Labute approximate surface area is 143 Å². The summed E-state index contributed by atoms with van der Waals surface area (Å²) in [6, 6.07) is 7.37. The molecule has 0 atom stereocenters. The molecular weight excluding hydrogens is 327 g/mol. The van der Waals surface area contributed by atoms with E-state index in [9.17, 15) is 4.39 Å². The molecule has 1 aliphatic rings. The van der Waals surface area contributed by atoms with Crippen LogP contribution in [0.1, 0.15) is 5.56 Å². The van der Waals surface area contributed by atoms with Crippen LogP contribution in [-0.4, -0.2) is 36.3 Å². The molecule has 24 heavy (non-hydrogen) atoms. The summed E-state index contributed by atoms with van der Waals surface area (Å²) in [4.78, 5) is 11.5. The number of hydrogen-bond acceptors (Lipinski definition) is 6. The van der Waals surface area contributed by atoms with Crippen LogP contribution >= 0.6 is 11.3 Å². The second kappa shape index (κ2) is 6.70. The Morgan fingerprint density at radius 3 is 2.92 bits per heavy atom. The fraction of sp³-hybridized carbons (Fsp3) is 0.294. The summed E-state index contributed by atoms with van der Waals surface area (Å²) in [5.41, 5.74) is 1.52. The molecule has 0 amide bonds. The third kappa shape index (κ3) is 3.05. The monoisotopic (exact) mass is 344 g/mol. The molecule has 2 aromatic heterocycles. The molecule has 3 heterocycles. The number of nitrogens with zero attached hydrogens (tertiary/aromatic N) is 3. The van der Waals surface area contributed by atoms with Crippen LogP contribution in [0.4, 0.5) is 15.9 Å². The SMILES string of the molecule is Fc1cc(CNc2ncnc3sccc23)ccc1N1CCOCC1. The maximum absolute atomic E-state index is 14.4. The Balaban J connectivity index is 1.49. The molecule has 0 aliphatic carbocycles. The lowest BCUT2D eigenvalue weighted by Crippen LogP contribution is -2.36. The number of rotatable bonds is 4. The van der Waals surface area contributed by atoms with Gasteiger partial charge in [0.25, 0.3) is 0 Å². The molecule has 0 spiro atoms. The van der Waals surface area contributed by atoms with Gasteiger partial charge in [-0.2, -0.15) is 0 Å². The van der Waals surface area contributed by atoms with Gasteiger partial charge in [0.2, 0.25) is 0 Å². The minimum atomic E-state index is -0.195. The summed E-state index contributed by atoms with van der Waals surface area (Å²) < 4.78 is 19.7. The van der Waals surface area contributed by atoms with Crippen molar-refractivity contribution in [1.82, 2.24) is 9.97 Å². The van der Waals surface area contributed by atoms with E-state index in [-0.39, 0.29) is 5.82 Å². The highest BCUT2D eigenvalue weighted by Gasteiger charge is 2.15. The lowest BCUT2D eigenvalue weighted by molar-refractivity contribution is 0.122. The van der Waals surface area contributed by atoms with Gasteiger partial charge in [0, 0.05) is 19.6 Å². The van der Waals surface area contributed by atoms with E-state index in [4.69, 9.17) is 4.74 Å². The Morgan fingerprint density at radius 1 is 1.21 bits per heavy atom. The Hall–Kier alpha value is -2.25. The van der Waals surface area contributed by atoms with E-state index in [1.807, 2.05) is 28.5 Å². The van der Waals surface area contributed by atoms with E-state index < -0.39 is 0 Å². The molecule has 3 aromatic rings. The summed E-state index contributed by atoms with van der Waals surface area (Å²) in [7, 11) is 0. The van der Waals surface area contributed by atoms with Gasteiger partial charge >= 0.3 is 0 Å². The lowest BCUT2D eigenvalue weighted by atomic mass is 10.1. The highest BCUT2D eigenvalue weighted by molar-refractivity contribution is 7.16. The van der Waals surface area contributed by atoms with Gasteiger partial charge in [-0.05, 0) is 29.1 Å². The van der Waals surface area contributed by atoms with Crippen LogP contribution in [0.3, 0.4) is 0 Å². The normalized spacial score (nSPS) is 15.0. The number of aromatic nitrogens is 2. The second-order valence-electron chi connectivity index (χ2n) is 5.60. The topological polar surface area (TPSA) is 50.3 Å². The van der Waals surface area contributed by atoms with Gasteiger partial charge in [0.15, 0.2) is 0 Å². The van der Waals surface area contributed by atoms with Crippen molar-refractivity contribution in [3.05, 3.63) is 47.4 Å². The van der Waals surface area contributed by atoms with Gasteiger partial charge in [-0.1, -0.05) is 6.07 Å². The number of hydrogen-bond donors (Lipinski definition) is 1. The molecule has 1 saturated heterocycles. The zero-order chi connectivity index (χ0) is 16.4. The zero-order valence-electron chi connectivity index (χ0n) is 13.0. The quantitative estimate of drug-likeness (QED) is 0.787. The van der Waals surface area contributed by atoms with Crippen molar-refractivity contribution >= 4 is 33.1 Å². The predicted octanol–water partition coefficient (Wildman–Crippen LogP) is 3.28. The average Bonchev–Trinajstić information content (AvgIpc) is 3.10. The van der Waals surface area contributed by atoms with Gasteiger partial charge in [-0.3, -0.25) is 0 Å². The molecular formula is C17H17FN4OS. The van der Waals surface area contributed by atoms with Crippen molar-refractivity contribution in [2.45, 2.75) is 6.54 Å². The van der Waals surface area contributed by atoms with Crippen molar-refractivity contribution in [3.63, 3.8) is 0 Å². The first-order chi connectivity index (χ1) is 11.8. The highest BCUT2D eigenvalue weighted by Crippen LogP contribution is 2.25. The molecule has 0 radical (unpaired) electrons. The standard InChI is InChI=1S/C17H17FN4OS/c18-14-9-12(1-2-15(14)22-4-6-23-7-5-22)10-19-16-13-3-8-24-17(13)21-11-20-16/h1-3,8-9,11H,4-7,10H2,(H,19,20,21). The van der Waals surface area contributed by atoms with Crippen molar-refractivity contribution in [2.24, 2.45) is 0 Å². The van der Waals surface area contributed by atoms with Crippen molar-refractivity contribution in [3.8, 4) is 0 Å². The van der Waals surface area contributed by atoms with Crippen LogP contribution in [0.2, 0.25) is 0 Å². The smallest absolute Gasteiger partial charge is 0.146 e. The molecule has 1 aliphatic heterocycles. The van der Waals surface area contributed by atoms with E-state index in [1.165, 1.54) is 0 Å². The zero-order valence-corrected chi connectivity index (χ0v) is 13.9. The minimum absolute atomic E-state index is 0.195. The summed E-state index contributed by atoms with van der Waals surface area (Å²) in [5.74, 6) is 0.582. The van der Waals surface area contributed by atoms with Crippen LogP contribution in [0.15, 0.2) is 36.0 Å². The Kier molecular flexibility index (Phi) is 4.27. The third-order valence-electron chi connectivity index (χ3n) is 4.09. The molecule has 1 aromatic carbocycles. The highest BCUT2D eigenvalue weighted by atomic mass is 32.1. The summed E-state index contributed by atoms with van der Waals surface area (Å²) in [6.07, 6.45) is 1.54. The summed E-state index contributed by atoms with van der Waals surface area (Å²) in [6.45, 7) is 3.26. The van der Waals surface area contributed by atoms with Gasteiger partial charge in [0.05, 0.1) is 24.3 Å². The molecule has 0 bridgehead atoms. The van der Waals surface area contributed by atoms with Gasteiger partial charge in [-0.25, -0.2) is 14.4 Å². The molecule has 5 nitrogen and oxygen atoms in total. The second-order valence-corrected chi connectivity index (χ2v) is 6.50. The number of nitrogens with one attached hydrogen (secondary N) is 1. The first-order valence-corrected chi connectivity index (χ1v) is 8.72. The van der Waals surface area contributed by atoms with E-state index >= 15 is 0 Å². The van der Waals surface area contributed by atoms with Crippen LogP contribution in [0.25, 0.3) is 10.2 Å². The van der Waals surface area contributed by atoms with E-state index in [2.05, 4.69) is 15.3 Å². The first kappa shape index (κ1) is 15.3. The maximum Gasteiger partial charge on any atom is 0.146 e. The number of halogens is 1. The van der Waals surface area contributed by atoms with Crippen LogP contribution in [0, 0.1) is 5.82 Å². The fourth-order valence-electron chi connectivity index (χ4n) is 2.84. The third-order valence-corrected chi connectivity index (χ3v) is 4.91. The van der Waals surface area contributed by atoms with Crippen molar-refractivity contribution < 1.29 is 9.13 Å². The minimum Gasteiger partial charge on any atom is -0.378 e. The van der Waals surface area contributed by atoms with Crippen molar-refractivity contribution in [2.75, 3.05) is 36.5 Å². The van der Waals surface area contributed by atoms with E-state index in [1.54, 1.807) is 23.7 Å². The Morgan fingerprint density at radius 2 is 2.08 bits per heavy atom. The number of thiophene rings is 1. The number of benzene rings is 1. The number of fused-ring (bicyclic) bond motifs is 1.